The molecular formula is C23H39N3O4S. The predicted octanol–water partition coefficient (Wildman–Crippen LogP) is 1.93. The summed E-state index contributed by atoms with van der Waals surface area (Å²) in [5.74, 6) is -1.52. The van der Waals surface area contributed by atoms with E-state index in [-0.39, 0.29) is 34.5 Å². The zero-order chi connectivity index (χ0) is 23.6. The van der Waals surface area contributed by atoms with Gasteiger partial charge in [0.15, 0.2) is 0 Å². The van der Waals surface area contributed by atoms with Gasteiger partial charge in [-0.1, -0.05) is 20.8 Å². The summed E-state index contributed by atoms with van der Waals surface area (Å²) in [6.45, 7) is 14.0. The van der Waals surface area contributed by atoms with Crippen LogP contribution >= 0.6 is 11.8 Å². The molecule has 3 heterocycles. The summed E-state index contributed by atoms with van der Waals surface area (Å²) >= 11 is 1.65. The number of rotatable bonds is 6. The van der Waals surface area contributed by atoms with E-state index in [9.17, 15) is 19.5 Å². The van der Waals surface area contributed by atoms with E-state index in [4.69, 9.17) is 0 Å². The van der Waals surface area contributed by atoms with Crippen molar-refractivity contribution in [1.29, 1.82) is 0 Å². The van der Waals surface area contributed by atoms with Crippen LogP contribution in [0.5, 0.6) is 0 Å². The van der Waals surface area contributed by atoms with E-state index in [0.29, 0.717) is 6.42 Å². The van der Waals surface area contributed by atoms with Gasteiger partial charge < -0.3 is 20.6 Å². The molecule has 1 spiro atoms. The SMILES string of the molecule is CNC(=O)[C@@H]1[C@H]2C(=O)N([C@H](C)CO)C(C(=O)NC(C)(C)CC(C)(C)C)C23CC[C@@]1(C)S3. The van der Waals surface area contributed by atoms with Crippen molar-refractivity contribution in [2.24, 2.45) is 17.3 Å². The van der Waals surface area contributed by atoms with Crippen LogP contribution in [0.3, 0.4) is 0 Å². The first kappa shape index (κ1) is 24.4. The minimum Gasteiger partial charge on any atom is -0.394 e. The molecule has 31 heavy (non-hydrogen) atoms. The maximum Gasteiger partial charge on any atom is 0.244 e. The molecule has 0 radical (unpaired) electrons. The second-order valence-electron chi connectivity index (χ2n) is 11.7. The third kappa shape index (κ3) is 3.88. The summed E-state index contributed by atoms with van der Waals surface area (Å²) < 4.78 is -1.01. The first-order valence-corrected chi connectivity index (χ1v) is 12.1. The molecule has 3 amide bonds. The molecule has 6 atom stereocenters. The highest BCUT2D eigenvalue weighted by Crippen LogP contribution is 2.71. The molecule has 3 saturated heterocycles. The third-order valence-corrected chi connectivity index (χ3v) is 9.15. The van der Waals surface area contributed by atoms with Gasteiger partial charge in [-0.05, 0) is 52.4 Å². The van der Waals surface area contributed by atoms with Crippen LogP contribution < -0.4 is 10.6 Å². The largest absolute Gasteiger partial charge is 0.394 e. The van der Waals surface area contributed by atoms with Gasteiger partial charge >= 0.3 is 0 Å². The fourth-order valence-corrected chi connectivity index (χ4v) is 8.90. The molecule has 176 valence electrons. The van der Waals surface area contributed by atoms with Crippen LogP contribution in [0, 0.1) is 17.3 Å². The number of carbonyl (C=O) groups excluding carboxylic acids is 3. The van der Waals surface area contributed by atoms with Gasteiger partial charge in [-0.2, -0.15) is 0 Å². The van der Waals surface area contributed by atoms with Gasteiger partial charge in [-0.3, -0.25) is 14.4 Å². The predicted molar refractivity (Wildman–Crippen MR) is 122 cm³/mol. The third-order valence-electron chi connectivity index (χ3n) is 7.16. The number of aliphatic hydroxyl groups is 1. The number of hydrogen-bond donors (Lipinski definition) is 3. The Morgan fingerprint density at radius 3 is 2.35 bits per heavy atom. The van der Waals surface area contributed by atoms with Crippen LogP contribution in [0.1, 0.15) is 67.7 Å². The number of likely N-dealkylation sites (tertiary alicyclic amines) is 1. The van der Waals surface area contributed by atoms with Crippen LogP contribution in [0.25, 0.3) is 0 Å². The average molecular weight is 454 g/mol. The fourth-order valence-electron chi connectivity index (χ4n) is 6.55. The molecule has 0 aromatic carbocycles. The van der Waals surface area contributed by atoms with Crippen molar-refractivity contribution in [2.45, 2.75) is 94.8 Å². The average Bonchev–Trinajstić information content (AvgIpc) is 3.18. The number of aliphatic hydroxyl groups excluding tert-OH is 1. The molecule has 2 bridgehead atoms. The lowest BCUT2D eigenvalue weighted by molar-refractivity contribution is -0.143. The van der Waals surface area contributed by atoms with Gasteiger partial charge in [0.25, 0.3) is 0 Å². The van der Waals surface area contributed by atoms with Crippen LogP contribution in [-0.4, -0.2) is 68.5 Å². The van der Waals surface area contributed by atoms with Crippen LogP contribution in [0.2, 0.25) is 0 Å². The number of carbonyl (C=O) groups is 3. The normalized spacial score (nSPS) is 35.8. The molecule has 0 aromatic rings. The highest BCUT2D eigenvalue weighted by atomic mass is 32.2. The summed E-state index contributed by atoms with van der Waals surface area (Å²) in [7, 11) is 1.60. The lowest BCUT2D eigenvalue weighted by atomic mass is 9.66. The smallest absolute Gasteiger partial charge is 0.244 e. The van der Waals surface area contributed by atoms with Gasteiger partial charge in [0, 0.05) is 17.3 Å². The van der Waals surface area contributed by atoms with E-state index in [1.54, 1.807) is 30.6 Å². The number of nitrogens with zero attached hydrogens (tertiary/aromatic N) is 1. The van der Waals surface area contributed by atoms with Gasteiger partial charge in [0.2, 0.25) is 17.7 Å². The van der Waals surface area contributed by atoms with E-state index < -0.39 is 34.2 Å². The Morgan fingerprint density at radius 2 is 1.84 bits per heavy atom. The molecule has 7 nitrogen and oxygen atoms in total. The van der Waals surface area contributed by atoms with Crippen molar-refractivity contribution < 1.29 is 19.5 Å². The molecule has 3 N–H and O–H groups in total. The Labute approximate surface area is 190 Å². The van der Waals surface area contributed by atoms with Gasteiger partial charge in [0.05, 0.1) is 29.2 Å². The van der Waals surface area contributed by atoms with E-state index >= 15 is 0 Å². The monoisotopic (exact) mass is 453 g/mol. The summed E-state index contributed by atoms with van der Waals surface area (Å²) in [5.41, 5.74) is -0.424. The molecule has 3 aliphatic rings. The van der Waals surface area contributed by atoms with Crippen LogP contribution in [0.15, 0.2) is 0 Å². The number of thioether (sulfide) groups is 1. The van der Waals surface area contributed by atoms with Crippen molar-refractivity contribution in [3.8, 4) is 0 Å². The second kappa shape index (κ2) is 7.65. The van der Waals surface area contributed by atoms with Gasteiger partial charge in [-0.25, -0.2) is 0 Å². The molecule has 0 saturated carbocycles. The summed E-state index contributed by atoms with van der Waals surface area (Å²) in [4.78, 5) is 41.9. The number of fused-ring (bicyclic) bond motifs is 1. The standard InChI is InChI=1S/C23H39N3O4S/c1-13(11-27)26-16(18(29)25-21(5,6)12-20(2,3)4)23-10-9-22(7,31-23)14(17(28)24-8)15(23)19(26)30/h13-16,27H,9-12H2,1-8H3,(H,24,28)(H,25,29)/t13-,14+,15+,16?,22-,23?/m1/s1. The minimum atomic E-state index is -0.701. The molecule has 3 rings (SSSR count). The zero-order valence-corrected chi connectivity index (χ0v) is 21.0. The zero-order valence-electron chi connectivity index (χ0n) is 20.2. The molecular weight excluding hydrogens is 414 g/mol. The molecule has 3 aliphatic heterocycles. The first-order valence-electron chi connectivity index (χ1n) is 11.3. The van der Waals surface area contributed by atoms with Gasteiger partial charge in [-0.15, -0.1) is 11.8 Å². The van der Waals surface area contributed by atoms with Crippen molar-refractivity contribution in [1.82, 2.24) is 15.5 Å². The minimum absolute atomic E-state index is 0.0273. The van der Waals surface area contributed by atoms with Crippen molar-refractivity contribution in [2.75, 3.05) is 13.7 Å². The van der Waals surface area contributed by atoms with Crippen LogP contribution in [-0.2, 0) is 14.4 Å². The lowest BCUT2D eigenvalue weighted by Crippen LogP contribution is -2.59. The Bertz CT molecular complexity index is 779. The second-order valence-corrected chi connectivity index (χ2v) is 13.6. The van der Waals surface area contributed by atoms with E-state index in [1.165, 1.54) is 0 Å². The van der Waals surface area contributed by atoms with E-state index in [2.05, 4.69) is 38.3 Å². The Balaban J connectivity index is 2.02. The number of hydrogen-bond acceptors (Lipinski definition) is 5. The van der Waals surface area contributed by atoms with Crippen molar-refractivity contribution >= 4 is 29.5 Å². The Morgan fingerprint density at radius 1 is 1.23 bits per heavy atom. The molecule has 0 aromatic heterocycles. The molecule has 2 unspecified atom stereocenters. The Kier molecular flexibility index (Phi) is 6.01. The lowest BCUT2D eigenvalue weighted by Gasteiger charge is -2.39. The summed E-state index contributed by atoms with van der Waals surface area (Å²) in [5, 5.41) is 15.8. The first-order chi connectivity index (χ1) is 14.1. The van der Waals surface area contributed by atoms with Crippen molar-refractivity contribution in [3.63, 3.8) is 0 Å². The topological polar surface area (TPSA) is 98.7 Å². The van der Waals surface area contributed by atoms with Crippen molar-refractivity contribution in [3.05, 3.63) is 0 Å². The summed E-state index contributed by atoms with van der Waals surface area (Å²) in [6, 6.07) is -1.19. The Hall–Kier alpha value is -1.28. The summed E-state index contributed by atoms with van der Waals surface area (Å²) in [6.07, 6.45) is 2.28. The maximum absolute atomic E-state index is 13.8. The van der Waals surface area contributed by atoms with Gasteiger partial charge in [0.1, 0.15) is 6.04 Å². The maximum atomic E-state index is 13.8. The quantitative estimate of drug-likeness (QED) is 0.571. The molecule has 3 fully saturated rings. The molecule has 8 heteroatoms. The number of amides is 3. The van der Waals surface area contributed by atoms with E-state index in [1.807, 2.05) is 13.8 Å². The van der Waals surface area contributed by atoms with Crippen LogP contribution in [0.4, 0.5) is 0 Å². The highest BCUT2D eigenvalue weighted by molar-refractivity contribution is 8.02. The fraction of sp³-hybridized carbons (Fsp3) is 0.870. The van der Waals surface area contributed by atoms with E-state index in [0.717, 1.165) is 12.8 Å². The molecule has 0 aliphatic carbocycles. The number of nitrogens with one attached hydrogen (secondary N) is 2. The highest BCUT2D eigenvalue weighted by Gasteiger charge is 2.77.